The first-order chi connectivity index (χ1) is 13.8. The van der Waals surface area contributed by atoms with Crippen LogP contribution in [0.25, 0.3) is 0 Å². The van der Waals surface area contributed by atoms with E-state index < -0.39 is 18.5 Å². The van der Waals surface area contributed by atoms with Gasteiger partial charge in [-0.15, -0.1) is 0 Å². The summed E-state index contributed by atoms with van der Waals surface area (Å²) < 4.78 is 9.88. The number of aryl methyl sites for hydroxylation is 1. The van der Waals surface area contributed by atoms with E-state index in [1.807, 2.05) is 25.1 Å². The van der Waals surface area contributed by atoms with E-state index in [0.717, 1.165) is 16.9 Å². The van der Waals surface area contributed by atoms with Gasteiger partial charge in [0.1, 0.15) is 17.1 Å². The number of phenolic OH excluding ortho intramolecular Hbond substituents is 1. The second-order valence-corrected chi connectivity index (χ2v) is 6.27. The Morgan fingerprint density at radius 2 is 1.86 bits per heavy atom. The van der Waals surface area contributed by atoms with Crippen LogP contribution in [0.3, 0.4) is 0 Å². The number of nitrogens with zero attached hydrogens (tertiary/aromatic N) is 1. The average Bonchev–Trinajstić information content (AvgIpc) is 2.71. The van der Waals surface area contributed by atoms with Crippen LogP contribution in [0.15, 0.2) is 42.5 Å². The lowest BCUT2D eigenvalue weighted by Crippen LogP contribution is -2.37. The van der Waals surface area contributed by atoms with Crippen molar-refractivity contribution in [3.63, 3.8) is 0 Å². The van der Waals surface area contributed by atoms with Crippen LogP contribution in [0.5, 0.6) is 11.5 Å². The van der Waals surface area contributed by atoms with Crippen molar-refractivity contribution >= 4 is 23.5 Å². The van der Waals surface area contributed by atoms with E-state index in [2.05, 4.69) is 5.32 Å². The molecule has 2 aromatic rings. The first-order valence-electron chi connectivity index (χ1n) is 9.01. The molecule has 0 heterocycles. The Morgan fingerprint density at radius 3 is 2.52 bits per heavy atom. The number of para-hydroxylation sites is 1. The lowest BCUT2D eigenvalue weighted by atomic mass is 10.1. The molecule has 0 saturated carbocycles. The maximum absolute atomic E-state index is 12.2. The van der Waals surface area contributed by atoms with Crippen molar-refractivity contribution in [3.05, 3.63) is 53.6 Å². The van der Waals surface area contributed by atoms with Gasteiger partial charge in [-0.1, -0.05) is 25.1 Å². The number of phenols is 1. The Balaban J connectivity index is 1.87. The number of carbonyl (C=O) groups excluding carboxylic acids is 3. The fourth-order valence-electron chi connectivity index (χ4n) is 2.57. The Labute approximate surface area is 169 Å². The van der Waals surface area contributed by atoms with Crippen LogP contribution in [-0.2, 0) is 20.7 Å². The molecule has 0 bridgehead atoms. The van der Waals surface area contributed by atoms with Crippen molar-refractivity contribution in [1.29, 1.82) is 0 Å². The predicted molar refractivity (Wildman–Crippen MR) is 107 cm³/mol. The van der Waals surface area contributed by atoms with Gasteiger partial charge in [-0.3, -0.25) is 9.59 Å². The van der Waals surface area contributed by atoms with Crippen LogP contribution in [-0.4, -0.2) is 55.1 Å². The summed E-state index contributed by atoms with van der Waals surface area (Å²) >= 11 is 0. The summed E-state index contributed by atoms with van der Waals surface area (Å²) in [5, 5.41) is 12.6. The lowest BCUT2D eigenvalue weighted by molar-refractivity contribution is -0.136. The molecule has 0 aliphatic rings. The van der Waals surface area contributed by atoms with Gasteiger partial charge in [0.2, 0.25) is 5.91 Å². The van der Waals surface area contributed by atoms with Gasteiger partial charge >= 0.3 is 5.97 Å². The molecule has 2 amide bonds. The lowest BCUT2D eigenvalue weighted by Gasteiger charge is -2.17. The molecule has 8 heteroatoms. The molecule has 0 atom stereocenters. The van der Waals surface area contributed by atoms with Crippen LogP contribution < -0.4 is 10.1 Å². The highest BCUT2D eigenvalue weighted by molar-refractivity contribution is 5.96. The predicted octanol–water partition coefficient (Wildman–Crippen LogP) is 2.22. The van der Waals surface area contributed by atoms with E-state index in [1.54, 1.807) is 6.07 Å². The molecule has 0 aliphatic carbocycles. The Kier molecular flexibility index (Phi) is 7.59. The number of carbonyl (C=O) groups is 3. The minimum absolute atomic E-state index is 0.0878. The number of benzene rings is 2. The van der Waals surface area contributed by atoms with Gasteiger partial charge in [-0.2, -0.15) is 0 Å². The third-order valence-corrected chi connectivity index (χ3v) is 4.23. The van der Waals surface area contributed by atoms with Crippen LogP contribution in [0.1, 0.15) is 22.8 Å². The first-order valence-corrected chi connectivity index (χ1v) is 9.01. The van der Waals surface area contributed by atoms with Crippen LogP contribution in [0.4, 0.5) is 5.69 Å². The van der Waals surface area contributed by atoms with E-state index in [0.29, 0.717) is 11.4 Å². The number of methoxy groups -OCH3 is 1. The number of amides is 2. The second-order valence-electron chi connectivity index (χ2n) is 6.27. The number of likely N-dealkylation sites (N-methyl/N-ethyl adjacent to an activating group) is 1. The molecule has 2 N–H and O–H groups in total. The molecular weight excluding hydrogens is 376 g/mol. The van der Waals surface area contributed by atoms with E-state index in [-0.39, 0.29) is 23.8 Å². The molecule has 0 saturated heterocycles. The second kappa shape index (κ2) is 10.1. The largest absolute Gasteiger partial charge is 0.507 e. The molecule has 0 aliphatic heterocycles. The minimum atomic E-state index is -0.853. The van der Waals surface area contributed by atoms with Gasteiger partial charge in [-0.25, -0.2) is 4.79 Å². The van der Waals surface area contributed by atoms with Gasteiger partial charge < -0.3 is 24.8 Å². The number of hydrogen-bond donors (Lipinski definition) is 2. The molecule has 2 aromatic carbocycles. The van der Waals surface area contributed by atoms with Crippen molar-refractivity contribution in [2.24, 2.45) is 0 Å². The summed E-state index contributed by atoms with van der Waals surface area (Å²) in [5.74, 6) is -1.70. The van der Waals surface area contributed by atoms with Gasteiger partial charge in [0.15, 0.2) is 6.61 Å². The third kappa shape index (κ3) is 5.97. The maximum Gasteiger partial charge on any atom is 0.342 e. The molecule has 154 valence electrons. The van der Waals surface area contributed by atoms with Crippen molar-refractivity contribution in [2.45, 2.75) is 13.3 Å². The highest BCUT2D eigenvalue weighted by Crippen LogP contribution is 2.24. The van der Waals surface area contributed by atoms with E-state index in [9.17, 15) is 19.5 Å². The molecule has 29 heavy (non-hydrogen) atoms. The van der Waals surface area contributed by atoms with Crippen molar-refractivity contribution in [1.82, 2.24) is 4.90 Å². The number of rotatable bonds is 8. The van der Waals surface area contributed by atoms with E-state index >= 15 is 0 Å². The van der Waals surface area contributed by atoms with Gasteiger partial charge in [0, 0.05) is 18.8 Å². The summed E-state index contributed by atoms with van der Waals surface area (Å²) in [6.07, 6.45) is 0.763. The Hall–Kier alpha value is -3.55. The summed E-state index contributed by atoms with van der Waals surface area (Å²) in [6.45, 7) is 1.23. The third-order valence-electron chi connectivity index (χ3n) is 4.23. The number of esters is 1. The average molecular weight is 400 g/mol. The highest BCUT2D eigenvalue weighted by atomic mass is 16.5. The zero-order chi connectivity index (χ0) is 21.4. The maximum atomic E-state index is 12.2. The highest BCUT2D eigenvalue weighted by Gasteiger charge is 2.18. The number of hydrogen-bond acceptors (Lipinski definition) is 6. The number of aromatic hydroxyl groups is 1. The molecule has 0 fully saturated rings. The van der Waals surface area contributed by atoms with Gasteiger partial charge in [0.05, 0.1) is 13.7 Å². The Morgan fingerprint density at radius 1 is 1.14 bits per heavy atom. The summed E-state index contributed by atoms with van der Waals surface area (Å²) in [7, 11) is 2.87. The smallest absolute Gasteiger partial charge is 0.342 e. The standard InChI is InChI=1S/C21H24N2O6/c1-4-14-7-5-6-8-17(14)22-19(25)12-23(2)20(26)13-29-21(27)16-10-9-15(28-3)11-18(16)24/h5-11,24H,4,12-13H2,1-3H3,(H,22,25). The van der Waals surface area contributed by atoms with Crippen LogP contribution in [0, 0.1) is 0 Å². The summed E-state index contributed by atoms with van der Waals surface area (Å²) in [6, 6.07) is 11.5. The molecule has 2 rings (SSSR count). The summed E-state index contributed by atoms with van der Waals surface area (Å²) in [5.41, 5.74) is 1.60. The summed E-state index contributed by atoms with van der Waals surface area (Å²) in [4.78, 5) is 37.6. The molecule has 0 aromatic heterocycles. The van der Waals surface area contributed by atoms with Crippen molar-refractivity contribution < 1.29 is 29.0 Å². The Bertz CT molecular complexity index is 896. The van der Waals surface area contributed by atoms with Crippen LogP contribution >= 0.6 is 0 Å². The normalized spacial score (nSPS) is 10.2. The molecule has 0 radical (unpaired) electrons. The van der Waals surface area contributed by atoms with Gasteiger partial charge in [-0.05, 0) is 30.2 Å². The van der Waals surface area contributed by atoms with E-state index in [4.69, 9.17) is 9.47 Å². The van der Waals surface area contributed by atoms with Crippen molar-refractivity contribution in [3.8, 4) is 11.5 Å². The topological polar surface area (TPSA) is 105 Å². The molecule has 0 spiro atoms. The zero-order valence-corrected chi connectivity index (χ0v) is 16.6. The quantitative estimate of drug-likeness (QED) is 0.659. The first kappa shape index (κ1) is 21.7. The zero-order valence-electron chi connectivity index (χ0n) is 16.6. The molecule has 0 unspecified atom stereocenters. The van der Waals surface area contributed by atoms with Crippen LogP contribution in [0.2, 0.25) is 0 Å². The molecular formula is C21H24N2O6. The van der Waals surface area contributed by atoms with Crippen molar-refractivity contribution in [2.75, 3.05) is 32.6 Å². The minimum Gasteiger partial charge on any atom is -0.507 e. The number of ether oxygens (including phenoxy) is 2. The van der Waals surface area contributed by atoms with E-state index in [1.165, 1.54) is 32.4 Å². The number of anilines is 1. The molecule has 8 nitrogen and oxygen atoms in total. The van der Waals surface area contributed by atoms with Gasteiger partial charge in [0.25, 0.3) is 5.91 Å². The SMILES string of the molecule is CCc1ccccc1NC(=O)CN(C)C(=O)COC(=O)c1ccc(OC)cc1O. The monoisotopic (exact) mass is 400 g/mol. The fraction of sp³-hybridized carbons (Fsp3) is 0.286. The number of nitrogens with one attached hydrogen (secondary N) is 1. The fourth-order valence-corrected chi connectivity index (χ4v) is 2.57.